The first kappa shape index (κ1) is 25.1. The second kappa shape index (κ2) is 11.1. The van der Waals surface area contributed by atoms with Crippen molar-refractivity contribution in [2.75, 3.05) is 54.2 Å². The van der Waals surface area contributed by atoms with Crippen LogP contribution in [0.1, 0.15) is 25.3 Å². The van der Waals surface area contributed by atoms with E-state index in [0.717, 1.165) is 0 Å². The maximum atomic E-state index is 12.7. The van der Waals surface area contributed by atoms with Crippen molar-refractivity contribution in [2.45, 2.75) is 19.8 Å². The average Bonchev–Trinajstić information content (AvgIpc) is 2.86. The molecule has 0 spiro atoms. The predicted octanol–water partition coefficient (Wildman–Crippen LogP) is 1.51. The highest BCUT2D eigenvalue weighted by Crippen LogP contribution is 2.41. The number of nitrogens with one attached hydrogen (secondary N) is 1. The van der Waals surface area contributed by atoms with Crippen LogP contribution in [-0.2, 0) is 28.6 Å². The Morgan fingerprint density at radius 3 is 2.09 bits per heavy atom. The minimum Gasteiger partial charge on any atom is -0.493 e. The maximum absolute atomic E-state index is 12.7. The molecule has 0 bridgehead atoms. The maximum Gasteiger partial charge on any atom is 0.336 e. The Kier molecular flexibility index (Phi) is 8.17. The van der Waals surface area contributed by atoms with Crippen LogP contribution in [0.3, 0.4) is 0 Å². The van der Waals surface area contributed by atoms with Crippen molar-refractivity contribution in [3.8, 4) is 11.5 Å². The van der Waals surface area contributed by atoms with Crippen LogP contribution in [-0.4, -0.2) is 77.0 Å². The molecule has 184 valence electrons. The molecule has 0 aromatic heterocycles. The first-order valence-electron chi connectivity index (χ1n) is 10.8. The predicted molar refractivity (Wildman–Crippen MR) is 121 cm³/mol. The van der Waals surface area contributed by atoms with Gasteiger partial charge in [-0.1, -0.05) is 6.07 Å². The zero-order chi connectivity index (χ0) is 24.8. The molecule has 1 N–H and O–H groups in total. The lowest BCUT2D eigenvalue weighted by Gasteiger charge is -2.30. The van der Waals surface area contributed by atoms with E-state index >= 15 is 0 Å². The molecule has 1 amide bonds. The molecule has 0 unspecified atom stereocenters. The Bertz CT molecular complexity index is 986. The van der Waals surface area contributed by atoms with Gasteiger partial charge in [-0.25, -0.2) is 9.59 Å². The summed E-state index contributed by atoms with van der Waals surface area (Å²) in [5.74, 6) is -1.32. The zero-order valence-corrected chi connectivity index (χ0v) is 20.1. The summed E-state index contributed by atoms with van der Waals surface area (Å²) in [5, 5.41) is 3.06. The molecule has 2 aliphatic heterocycles. The molecular weight excluding hydrogens is 444 g/mol. The molecule has 0 aliphatic carbocycles. The Morgan fingerprint density at radius 1 is 0.971 bits per heavy atom. The second-order valence-corrected chi connectivity index (χ2v) is 7.81. The summed E-state index contributed by atoms with van der Waals surface area (Å²) >= 11 is 0. The third-order valence-electron chi connectivity index (χ3n) is 5.81. The Morgan fingerprint density at radius 2 is 1.56 bits per heavy atom. The number of morpholine rings is 1. The van der Waals surface area contributed by atoms with E-state index in [-0.39, 0.29) is 23.7 Å². The molecule has 0 radical (unpaired) electrons. The smallest absolute Gasteiger partial charge is 0.336 e. The first-order valence-corrected chi connectivity index (χ1v) is 10.8. The number of hydrogen-bond donors (Lipinski definition) is 1. The minimum atomic E-state index is -0.751. The largest absolute Gasteiger partial charge is 0.493 e. The van der Waals surface area contributed by atoms with Gasteiger partial charge >= 0.3 is 11.9 Å². The highest BCUT2D eigenvalue weighted by Gasteiger charge is 2.38. The SMILES string of the molecule is COC(=O)C1=C(C)NC(C)=C(C(=O)OC)C1c1ccc(OCC(=O)N2CCOCC2)c(OC)c1. The molecule has 1 saturated heterocycles. The number of esters is 2. The fourth-order valence-electron chi connectivity index (χ4n) is 4.11. The number of allylic oxidation sites excluding steroid dienone is 2. The summed E-state index contributed by atoms with van der Waals surface area (Å²) in [6.07, 6.45) is 0. The van der Waals surface area contributed by atoms with Crippen LogP contribution < -0.4 is 14.8 Å². The lowest BCUT2D eigenvalue weighted by atomic mass is 9.80. The average molecular weight is 475 g/mol. The number of methoxy groups -OCH3 is 3. The molecule has 10 heteroatoms. The van der Waals surface area contributed by atoms with Crippen molar-refractivity contribution in [3.05, 3.63) is 46.3 Å². The molecule has 0 saturated carbocycles. The second-order valence-electron chi connectivity index (χ2n) is 7.81. The molecular formula is C24H30N2O8. The molecule has 34 heavy (non-hydrogen) atoms. The van der Waals surface area contributed by atoms with Crippen molar-refractivity contribution < 1.29 is 38.1 Å². The van der Waals surface area contributed by atoms with Gasteiger partial charge in [0.2, 0.25) is 0 Å². The fourth-order valence-corrected chi connectivity index (χ4v) is 4.11. The molecule has 0 atom stereocenters. The topological polar surface area (TPSA) is 113 Å². The number of ether oxygens (including phenoxy) is 5. The first-order chi connectivity index (χ1) is 16.3. The number of carbonyl (C=O) groups excluding carboxylic acids is 3. The van der Waals surface area contributed by atoms with Crippen molar-refractivity contribution >= 4 is 17.8 Å². The quantitative estimate of drug-likeness (QED) is 0.588. The molecule has 1 aromatic carbocycles. The molecule has 3 rings (SSSR count). The highest BCUT2D eigenvalue weighted by molar-refractivity contribution is 5.99. The van der Waals surface area contributed by atoms with E-state index in [1.807, 2.05) is 0 Å². The van der Waals surface area contributed by atoms with Crippen LogP contribution in [0.25, 0.3) is 0 Å². The van der Waals surface area contributed by atoms with E-state index in [9.17, 15) is 14.4 Å². The molecule has 1 aromatic rings. The van der Waals surface area contributed by atoms with Gasteiger partial charge in [-0.15, -0.1) is 0 Å². The Balaban J connectivity index is 1.94. The van der Waals surface area contributed by atoms with E-state index in [0.29, 0.717) is 54.8 Å². The van der Waals surface area contributed by atoms with E-state index in [1.165, 1.54) is 21.3 Å². The van der Waals surface area contributed by atoms with Gasteiger partial charge in [-0.2, -0.15) is 0 Å². The lowest BCUT2D eigenvalue weighted by Crippen LogP contribution is -2.43. The van der Waals surface area contributed by atoms with Crippen molar-refractivity contribution in [1.82, 2.24) is 10.2 Å². The van der Waals surface area contributed by atoms with E-state index in [1.54, 1.807) is 36.9 Å². The van der Waals surface area contributed by atoms with Crippen molar-refractivity contribution in [1.29, 1.82) is 0 Å². The van der Waals surface area contributed by atoms with Crippen LogP contribution in [0, 0.1) is 0 Å². The number of dihydropyridines is 1. The normalized spacial score (nSPS) is 16.7. The standard InChI is InChI=1S/C24H30N2O8/c1-14-20(23(28)31-4)22(21(15(2)25-14)24(29)32-5)16-6-7-17(18(12-16)30-3)34-13-19(27)26-8-10-33-11-9-26/h6-7,12,22,25H,8-11,13H2,1-5H3. The summed E-state index contributed by atoms with van der Waals surface area (Å²) < 4.78 is 26.5. The van der Waals surface area contributed by atoms with Crippen LogP contribution in [0.4, 0.5) is 0 Å². The van der Waals surface area contributed by atoms with Crippen molar-refractivity contribution in [3.63, 3.8) is 0 Å². The summed E-state index contributed by atoms with van der Waals surface area (Å²) in [6, 6.07) is 5.05. The molecule has 2 aliphatic rings. The van der Waals surface area contributed by atoms with Gasteiger partial charge in [0.1, 0.15) is 0 Å². The lowest BCUT2D eigenvalue weighted by molar-refractivity contribution is -0.138. The van der Waals surface area contributed by atoms with E-state index < -0.39 is 17.9 Å². The molecule has 1 fully saturated rings. The number of nitrogens with zero attached hydrogens (tertiary/aromatic N) is 1. The number of benzene rings is 1. The number of carbonyl (C=O) groups is 3. The molecule has 2 heterocycles. The number of hydrogen-bond acceptors (Lipinski definition) is 9. The van der Waals surface area contributed by atoms with Crippen molar-refractivity contribution in [2.24, 2.45) is 0 Å². The van der Waals surface area contributed by atoms with Gasteiger partial charge < -0.3 is 33.9 Å². The molecule has 10 nitrogen and oxygen atoms in total. The Hall–Kier alpha value is -3.53. The van der Waals surface area contributed by atoms with Gasteiger partial charge in [-0.3, -0.25) is 4.79 Å². The van der Waals surface area contributed by atoms with Gasteiger partial charge in [0.25, 0.3) is 5.91 Å². The van der Waals surface area contributed by atoms with E-state index in [2.05, 4.69) is 5.32 Å². The Labute approximate surface area is 198 Å². The highest BCUT2D eigenvalue weighted by atomic mass is 16.5. The summed E-state index contributed by atoms with van der Waals surface area (Å²) in [6.45, 7) is 5.39. The van der Waals surface area contributed by atoms with E-state index in [4.69, 9.17) is 23.7 Å². The minimum absolute atomic E-state index is 0.147. The van der Waals surface area contributed by atoms with Crippen LogP contribution in [0.2, 0.25) is 0 Å². The fraction of sp³-hybridized carbons (Fsp3) is 0.458. The van der Waals surface area contributed by atoms with Gasteiger partial charge in [-0.05, 0) is 31.5 Å². The van der Waals surface area contributed by atoms with Crippen LogP contribution in [0.15, 0.2) is 40.7 Å². The number of amides is 1. The number of rotatable bonds is 7. The van der Waals surface area contributed by atoms with Crippen LogP contribution >= 0.6 is 0 Å². The summed E-state index contributed by atoms with van der Waals surface area (Å²) in [4.78, 5) is 39.5. The third-order valence-corrected chi connectivity index (χ3v) is 5.81. The monoisotopic (exact) mass is 474 g/mol. The van der Waals surface area contributed by atoms with Gasteiger partial charge in [0.05, 0.1) is 51.6 Å². The summed E-state index contributed by atoms with van der Waals surface area (Å²) in [7, 11) is 4.04. The summed E-state index contributed by atoms with van der Waals surface area (Å²) in [5.41, 5.74) is 2.30. The van der Waals surface area contributed by atoms with Crippen LogP contribution in [0.5, 0.6) is 11.5 Å². The zero-order valence-electron chi connectivity index (χ0n) is 20.1. The third kappa shape index (κ3) is 5.17. The van der Waals surface area contributed by atoms with Gasteiger partial charge in [0.15, 0.2) is 18.1 Å². The van der Waals surface area contributed by atoms with Gasteiger partial charge in [0, 0.05) is 24.5 Å².